The first kappa shape index (κ1) is 9.74. The van der Waals surface area contributed by atoms with E-state index in [2.05, 4.69) is 29.2 Å². The standard InChI is InChI=1S/C9H6ClIO/c1-2-9(12)6-3-4-8(11)7(10)5-6/h2-5H,1H2. The molecule has 0 unspecified atom stereocenters. The maximum Gasteiger partial charge on any atom is 0.185 e. The molecule has 12 heavy (non-hydrogen) atoms. The quantitative estimate of drug-likeness (QED) is 0.464. The summed E-state index contributed by atoms with van der Waals surface area (Å²) in [5, 5.41) is 0.600. The Balaban J connectivity index is 3.13. The van der Waals surface area contributed by atoms with Gasteiger partial charge in [0.15, 0.2) is 5.78 Å². The zero-order valence-electron chi connectivity index (χ0n) is 6.18. The fourth-order valence-electron chi connectivity index (χ4n) is 0.767. The number of halogens is 2. The molecule has 0 amide bonds. The fourth-order valence-corrected chi connectivity index (χ4v) is 1.28. The maximum absolute atomic E-state index is 11.1. The molecule has 0 bridgehead atoms. The van der Waals surface area contributed by atoms with Gasteiger partial charge in [-0.15, -0.1) is 0 Å². The number of allylic oxidation sites excluding steroid dienone is 1. The third kappa shape index (κ3) is 2.08. The van der Waals surface area contributed by atoms with Crippen molar-refractivity contribution >= 4 is 40.0 Å². The summed E-state index contributed by atoms with van der Waals surface area (Å²) in [7, 11) is 0. The van der Waals surface area contributed by atoms with Gasteiger partial charge in [-0.05, 0) is 46.9 Å². The van der Waals surface area contributed by atoms with Crippen LogP contribution < -0.4 is 0 Å². The van der Waals surface area contributed by atoms with Crippen LogP contribution in [0.3, 0.4) is 0 Å². The molecule has 0 aliphatic heterocycles. The third-order valence-electron chi connectivity index (χ3n) is 1.39. The van der Waals surface area contributed by atoms with Crippen LogP contribution in [0.25, 0.3) is 0 Å². The maximum atomic E-state index is 11.1. The van der Waals surface area contributed by atoms with Gasteiger partial charge in [-0.2, -0.15) is 0 Å². The van der Waals surface area contributed by atoms with Gasteiger partial charge in [-0.3, -0.25) is 4.79 Å². The zero-order chi connectivity index (χ0) is 9.14. The Hall–Kier alpha value is -0.350. The summed E-state index contributed by atoms with van der Waals surface area (Å²) in [6.45, 7) is 3.39. The van der Waals surface area contributed by atoms with E-state index >= 15 is 0 Å². The molecule has 1 nitrogen and oxygen atoms in total. The van der Waals surface area contributed by atoms with Crippen molar-refractivity contribution in [2.24, 2.45) is 0 Å². The molecular weight excluding hydrogens is 286 g/mol. The molecule has 62 valence electrons. The Morgan fingerprint density at radius 3 is 2.75 bits per heavy atom. The van der Waals surface area contributed by atoms with Crippen LogP contribution in [-0.4, -0.2) is 5.78 Å². The molecule has 0 aromatic heterocycles. The smallest absolute Gasteiger partial charge is 0.185 e. The summed E-state index contributed by atoms with van der Waals surface area (Å²) in [6, 6.07) is 5.19. The Morgan fingerprint density at radius 2 is 2.25 bits per heavy atom. The summed E-state index contributed by atoms with van der Waals surface area (Å²) in [4.78, 5) is 11.1. The summed E-state index contributed by atoms with van der Waals surface area (Å²) in [6.07, 6.45) is 1.28. The van der Waals surface area contributed by atoms with E-state index in [-0.39, 0.29) is 5.78 Å². The number of carbonyl (C=O) groups is 1. The largest absolute Gasteiger partial charge is 0.289 e. The highest BCUT2D eigenvalue weighted by atomic mass is 127. The molecule has 0 spiro atoms. The van der Waals surface area contributed by atoms with Gasteiger partial charge in [0.2, 0.25) is 0 Å². The lowest BCUT2D eigenvalue weighted by Crippen LogP contribution is -1.93. The first-order valence-corrected chi connectivity index (χ1v) is 4.72. The highest BCUT2D eigenvalue weighted by molar-refractivity contribution is 14.1. The van der Waals surface area contributed by atoms with Gasteiger partial charge in [0.05, 0.1) is 5.02 Å². The molecule has 1 aromatic rings. The van der Waals surface area contributed by atoms with Gasteiger partial charge in [-0.25, -0.2) is 0 Å². The van der Waals surface area contributed by atoms with Gasteiger partial charge in [0, 0.05) is 9.13 Å². The average Bonchev–Trinajstić information content (AvgIpc) is 2.08. The Bertz CT molecular complexity index is 333. The number of ketones is 1. The molecule has 0 heterocycles. The summed E-state index contributed by atoms with van der Waals surface area (Å²) in [5.41, 5.74) is 0.579. The lowest BCUT2D eigenvalue weighted by atomic mass is 10.1. The van der Waals surface area contributed by atoms with E-state index in [0.717, 1.165) is 3.57 Å². The van der Waals surface area contributed by atoms with Crippen molar-refractivity contribution < 1.29 is 4.79 Å². The molecule has 0 saturated heterocycles. The van der Waals surface area contributed by atoms with Crippen LogP contribution in [0.15, 0.2) is 30.9 Å². The molecule has 0 radical (unpaired) electrons. The highest BCUT2D eigenvalue weighted by Gasteiger charge is 2.03. The van der Waals surface area contributed by atoms with Crippen molar-refractivity contribution in [3.63, 3.8) is 0 Å². The normalized spacial score (nSPS) is 9.50. The molecule has 1 rings (SSSR count). The second-order valence-electron chi connectivity index (χ2n) is 2.20. The summed E-state index contributed by atoms with van der Waals surface area (Å²) in [5.74, 6) is -0.103. The van der Waals surface area contributed by atoms with Crippen LogP contribution >= 0.6 is 34.2 Å². The topological polar surface area (TPSA) is 17.1 Å². The minimum absolute atomic E-state index is 0.103. The first-order chi connectivity index (χ1) is 5.65. The number of hydrogen-bond acceptors (Lipinski definition) is 1. The van der Waals surface area contributed by atoms with E-state index in [0.29, 0.717) is 10.6 Å². The highest BCUT2D eigenvalue weighted by Crippen LogP contribution is 2.19. The molecule has 0 atom stereocenters. The van der Waals surface area contributed by atoms with Crippen molar-refractivity contribution in [1.29, 1.82) is 0 Å². The SMILES string of the molecule is C=CC(=O)c1ccc(I)c(Cl)c1. The van der Waals surface area contributed by atoms with Gasteiger partial charge in [-0.1, -0.05) is 18.2 Å². The van der Waals surface area contributed by atoms with Crippen molar-refractivity contribution in [3.05, 3.63) is 45.0 Å². The molecule has 3 heteroatoms. The molecule has 0 fully saturated rings. The number of carbonyl (C=O) groups excluding carboxylic acids is 1. The second kappa shape index (κ2) is 4.05. The van der Waals surface area contributed by atoms with Crippen molar-refractivity contribution in [2.75, 3.05) is 0 Å². The monoisotopic (exact) mass is 292 g/mol. The summed E-state index contributed by atoms with van der Waals surface area (Å²) >= 11 is 7.93. The van der Waals surface area contributed by atoms with Crippen LogP contribution in [0.5, 0.6) is 0 Å². The lowest BCUT2D eigenvalue weighted by molar-refractivity contribution is 0.104. The van der Waals surface area contributed by atoms with Gasteiger partial charge in [0.1, 0.15) is 0 Å². The Morgan fingerprint density at radius 1 is 1.58 bits per heavy atom. The van der Waals surface area contributed by atoms with E-state index in [1.807, 2.05) is 0 Å². The molecular formula is C9H6ClIO. The minimum atomic E-state index is -0.103. The van der Waals surface area contributed by atoms with Gasteiger partial charge in [0.25, 0.3) is 0 Å². The number of hydrogen-bond donors (Lipinski definition) is 0. The Kier molecular flexibility index (Phi) is 3.29. The van der Waals surface area contributed by atoms with Crippen molar-refractivity contribution in [3.8, 4) is 0 Å². The van der Waals surface area contributed by atoms with Gasteiger partial charge < -0.3 is 0 Å². The molecule has 0 saturated carbocycles. The third-order valence-corrected chi connectivity index (χ3v) is 2.96. The molecule has 0 aliphatic rings. The van der Waals surface area contributed by atoms with Crippen LogP contribution in [0.2, 0.25) is 5.02 Å². The van der Waals surface area contributed by atoms with Crippen molar-refractivity contribution in [2.45, 2.75) is 0 Å². The van der Waals surface area contributed by atoms with Gasteiger partial charge >= 0.3 is 0 Å². The molecule has 0 aliphatic carbocycles. The number of rotatable bonds is 2. The van der Waals surface area contributed by atoms with Crippen molar-refractivity contribution in [1.82, 2.24) is 0 Å². The van der Waals surface area contributed by atoms with E-state index in [1.54, 1.807) is 18.2 Å². The predicted molar refractivity (Wildman–Crippen MR) is 58.7 cm³/mol. The fraction of sp³-hybridized carbons (Fsp3) is 0. The van der Waals surface area contributed by atoms with E-state index in [9.17, 15) is 4.79 Å². The summed E-state index contributed by atoms with van der Waals surface area (Å²) < 4.78 is 0.940. The predicted octanol–water partition coefficient (Wildman–Crippen LogP) is 3.31. The Labute approximate surface area is 89.6 Å². The van der Waals surface area contributed by atoms with Crippen LogP contribution in [-0.2, 0) is 0 Å². The first-order valence-electron chi connectivity index (χ1n) is 3.27. The lowest BCUT2D eigenvalue weighted by Gasteiger charge is -1.98. The molecule has 1 aromatic carbocycles. The average molecular weight is 293 g/mol. The van der Waals surface area contributed by atoms with Crippen LogP contribution in [0, 0.1) is 3.57 Å². The number of benzene rings is 1. The van der Waals surface area contributed by atoms with Crippen LogP contribution in [0.1, 0.15) is 10.4 Å². The van der Waals surface area contributed by atoms with Crippen LogP contribution in [0.4, 0.5) is 0 Å². The minimum Gasteiger partial charge on any atom is -0.289 e. The second-order valence-corrected chi connectivity index (χ2v) is 3.77. The van der Waals surface area contributed by atoms with E-state index < -0.39 is 0 Å². The van der Waals surface area contributed by atoms with E-state index in [1.165, 1.54) is 6.08 Å². The zero-order valence-corrected chi connectivity index (χ0v) is 9.09. The molecule has 0 N–H and O–H groups in total. The van der Waals surface area contributed by atoms with E-state index in [4.69, 9.17) is 11.6 Å².